The molecular weight excluding hydrogens is 226 g/mol. The van der Waals surface area contributed by atoms with Crippen LogP contribution < -0.4 is 10.6 Å². The van der Waals surface area contributed by atoms with Crippen molar-refractivity contribution < 1.29 is 0 Å². The van der Waals surface area contributed by atoms with Crippen molar-refractivity contribution >= 4 is 5.82 Å². The molecule has 0 unspecified atom stereocenters. The van der Waals surface area contributed by atoms with E-state index in [0.717, 1.165) is 50.7 Å². The molecule has 1 saturated heterocycles. The summed E-state index contributed by atoms with van der Waals surface area (Å²) in [5.74, 6) is 2.53. The van der Waals surface area contributed by atoms with Gasteiger partial charge in [-0.25, -0.2) is 9.97 Å². The van der Waals surface area contributed by atoms with Gasteiger partial charge in [-0.2, -0.15) is 0 Å². The summed E-state index contributed by atoms with van der Waals surface area (Å²) in [6.07, 6.45) is 2.20. The van der Waals surface area contributed by atoms with E-state index in [0.29, 0.717) is 5.92 Å². The van der Waals surface area contributed by atoms with Crippen molar-refractivity contribution in [2.24, 2.45) is 0 Å². The molecule has 98 valence electrons. The number of hydrogen-bond acceptors (Lipinski definition) is 5. The van der Waals surface area contributed by atoms with E-state index in [4.69, 9.17) is 9.97 Å². The lowest BCUT2D eigenvalue weighted by Crippen LogP contribution is -2.29. The molecule has 0 aliphatic carbocycles. The van der Waals surface area contributed by atoms with E-state index in [2.05, 4.69) is 22.6 Å². The molecule has 0 bridgehead atoms. The number of anilines is 1. The van der Waals surface area contributed by atoms with Gasteiger partial charge in [-0.15, -0.1) is 0 Å². The molecule has 0 spiro atoms. The topological polar surface area (TPSA) is 53.1 Å². The van der Waals surface area contributed by atoms with Crippen LogP contribution in [0.3, 0.4) is 0 Å². The maximum absolute atomic E-state index is 4.82. The summed E-state index contributed by atoms with van der Waals surface area (Å²) in [6, 6.07) is 0. The first kappa shape index (κ1) is 11.9. The number of fused-ring (bicyclic) bond motifs is 1. The molecular formula is C13H21N5. The molecule has 1 fully saturated rings. The molecule has 2 N–H and O–H groups in total. The Bertz CT molecular complexity index is 439. The standard InChI is InChI=1S/C13H21N5/c1-14-13-10-4-6-18(2)8-11(10)16-12(17-13)9-3-5-15-7-9/h9,15H,3-8H2,1-2H3,(H,14,16,17)/t9-/m0/s1. The summed E-state index contributed by atoms with van der Waals surface area (Å²) in [4.78, 5) is 11.9. The quantitative estimate of drug-likeness (QED) is 0.801. The second-order valence-electron chi connectivity index (χ2n) is 5.28. The van der Waals surface area contributed by atoms with Crippen molar-refractivity contribution in [1.29, 1.82) is 0 Å². The molecule has 0 amide bonds. The monoisotopic (exact) mass is 247 g/mol. The lowest BCUT2D eigenvalue weighted by molar-refractivity contribution is 0.306. The van der Waals surface area contributed by atoms with Crippen molar-refractivity contribution in [2.75, 3.05) is 39.0 Å². The highest BCUT2D eigenvalue weighted by Crippen LogP contribution is 2.27. The van der Waals surface area contributed by atoms with Crippen LogP contribution in [0.4, 0.5) is 5.82 Å². The van der Waals surface area contributed by atoms with Gasteiger partial charge < -0.3 is 15.5 Å². The first-order chi connectivity index (χ1) is 8.78. The van der Waals surface area contributed by atoms with Gasteiger partial charge in [0.15, 0.2) is 0 Å². The van der Waals surface area contributed by atoms with Crippen LogP contribution in [0.1, 0.15) is 29.4 Å². The van der Waals surface area contributed by atoms with Crippen molar-refractivity contribution in [3.8, 4) is 0 Å². The molecule has 5 nitrogen and oxygen atoms in total. The summed E-state index contributed by atoms with van der Waals surface area (Å²) < 4.78 is 0. The van der Waals surface area contributed by atoms with E-state index in [1.54, 1.807) is 0 Å². The first-order valence-corrected chi connectivity index (χ1v) is 6.74. The number of hydrogen-bond donors (Lipinski definition) is 2. The fourth-order valence-corrected chi connectivity index (χ4v) is 2.84. The Hall–Kier alpha value is -1.20. The largest absolute Gasteiger partial charge is 0.373 e. The molecule has 1 aromatic heterocycles. The maximum atomic E-state index is 4.82. The average molecular weight is 247 g/mol. The van der Waals surface area contributed by atoms with Crippen LogP contribution >= 0.6 is 0 Å². The van der Waals surface area contributed by atoms with E-state index in [1.165, 1.54) is 11.3 Å². The average Bonchev–Trinajstić information content (AvgIpc) is 2.90. The Balaban J connectivity index is 1.99. The molecule has 2 aliphatic rings. The fourth-order valence-electron chi connectivity index (χ4n) is 2.84. The van der Waals surface area contributed by atoms with E-state index in [-0.39, 0.29) is 0 Å². The fraction of sp³-hybridized carbons (Fsp3) is 0.692. The number of nitrogens with one attached hydrogen (secondary N) is 2. The molecule has 5 heteroatoms. The van der Waals surface area contributed by atoms with Crippen LogP contribution in [0.5, 0.6) is 0 Å². The van der Waals surface area contributed by atoms with Crippen molar-refractivity contribution in [3.63, 3.8) is 0 Å². The normalized spacial score (nSPS) is 24.0. The van der Waals surface area contributed by atoms with Crippen LogP contribution in [0.15, 0.2) is 0 Å². The summed E-state index contributed by atoms with van der Waals surface area (Å²) in [5, 5.41) is 6.63. The Morgan fingerprint density at radius 2 is 2.28 bits per heavy atom. The molecule has 1 aromatic rings. The third-order valence-corrected chi connectivity index (χ3v) is 3.94. The van der Waals surface area contributed by atoms with E-state index in [1.807, 2.05) is 7.05 Å². The third kappa shape index (κ3) is 2.08. The Labute approximate surface area is 108 Å². The molecule has 0 radical (unpaired) electrons. The minimum atomic E-state index is 0.481. The first-order valence-electron chi connectivity index (χ1n) is 6.74. The second kappa shape index (κ2) is 4.82. The third-order valence-electron chi connectivity index (χ3n) is 3.94. The van der Waals surface area contributed by atoms with Crippen molar-refractivity contribution in [3.05, 3.63) is 17.1 Å². The lowest BCUT2D eigenvalue weighted by atomic mass is 10.0. The predicted octanol–water partition coefficient (Wildman–Crippen LogP) is 0.583. The van der Waals surface area contributed by atoms with Crippen LogP contribution in [0.2, 0.25) is 0 Å². The zero-order chi connectivity index (χ0) is 12.5. The highest BCUT2D eigenvalue weighted by Gasteiger charge is 2.24. The van der Waals surface area contributed by atoms with Crippen molar-refractivity contribution in [2.45, 2.75) is 25.3 Å². The SMILES string of the molecule is CNc1nc([C@H]2CCNC2)nc2c1CCN(C)C2. The van der Waals surface area contributed by atoms with E-state index < -0.39 is 0 Å². The van der Waals surface area contributed by atoms with Gasteiger partial charge in [0, 0.05) is 38.2 Å². The van der Waals surface area contributed by atoms with Crippen LogP contribution in [-0.2, 0) is 13.0 Å². The summed E-state index contributed by atoms with van der Waals surface area (Å²) in [6.45, 7) is 4.13. The van der Waals surface area contributed by atoms with Gasteiger partial charge >= 0.3 is 0 Å². The van der Waals surface area contributed by atoms with Gasteiger partial charge in [0.1, 0.15) is 11.6 Å². The Morgan fingerprint density at radius 1 is 1.39 bits per heavy atom. The zero-order valence-corrected chi connectivity index (χ0v) is 11.2. The maximum Gasteiger partial charge on any atom is 0.135 e. The molecule has 0 aromatic carbocycles. The molecule has 1 atom stereocenters. The van der Waals surface area contributed by atoms with Gasteiger partial charge in [-0.05, 0) is 26.4 Å². The van der Waals surface area contributed by atoms with Gasteiger partial charge in [0.2, 0.25) is 0 Å². The minimum absolute atomic E-state index is 0.481. The second-order valence-corrected chi connectivity index (χ2v) is 5.28. The highest BCUT2D eigenvalue weighted by molar-refractivity contribution is 5.47. The smallest absolute Gasteiger partial charge is 0.135 e. The number of aromatic nitrogens is 2. The number of likely N-dealkylation sites (N-methyl/N-ethyl adjacent to an activating group) is 1. The van der Waals surface area contributed by atoms with E-state index in [9.17, 15) is 0 Å². The summed E-state index contributed by atoms with van der Waals surface area (Å²) >= 11 is 0. The minimum Gasteiger partial charge on any atom is -0.373 e. The highest BCUT2D eigenvalue weighted by atomic mass is 15.1. The van der Waals surface area contributed by atoms with Crippen LogP contribution in [0, 0.1) is 0 Å². The van der Waals surface area contributed by atoms with E-state index >= 15 is 0 Å². The lowest BCUT2D eigenvalue weighted by Gasteiger charge is -2.26. The summed E-state index contributed by atoms with van der Waals surface area (Å²) in [7, 11) is 4.11. The molecule has 3 heterocycles. The molecule has 18 heavy (non-hydrogen) atoms. The van der Waals surface area contributed by atoms with Gasteiger partial charge in [0.25, 0.3) is 0 Å². The van der Waals surface area contributed by atoms with Gasteiger partial charge in [0.05, 0.1) is 5.69 Å². The predicted molar refractivity (Wildman–Crippen MR) is 71.8 cm³/mol. The van der Waals surface area contributed by atoms with Crippen LogP contribution in [0.25, 0.3) is 0 Å². The van der Waals surface area contributed by atoms with Gasteiger partial charge in [-0.3, -0.25) is 0 Å². The molecule has 0 saturated carbocycles. The summed E-state index contributed by atoms with van der Waals surface area (Å²) in [5.41, 5.74) is 2.52. The number of nitrogens with zero attached hydrogens (tertiary/aromatic N) is 3. The van der Waals surface area contributed by atoms with Crippen LogP contribution in [-0.4, -0.2) is 48.6 Å². The zero-order valence-electron chi connectivity index (χ0n) is 11.2. The van der Waals surface area contributed by atoms with Crippen molar-refractivity contribution in [1.82, 2.24) is 20.2 Å². The molecule has 3 rings (SSSR count). The van der Waals surface area contributed by atoms with Gasteiger partial charge in [-0.1, -0.05) is 0 Å². The molecule has 2 aliphatic heterocycles. The Kier molecular flexibility index (Phi) is 3.18. The Morgan fingerprint density at radius 3 is 3.00 bits per heavy atom. The number of rotatable bonds is 2.